The number of carbonyl (C=O) groups is 1. The minimum atomic E-state index is -0.530. The fourth-order valence-corrected chi connectivity index (χ4v) is 1.34. The highest BCUT2D eigenvalue weighted by atomic mass is 16.6. The van der Waals surface area contributed by atoms with Crippen LogP contribution in [0.1, 0.15) is 22.8 Å². The molecule has 0 saturated carbocycles. The summed E-state index contributed by atoms with van der Waals surface area (Å²) in [5.41, 5.74) is 0.568. The molecule has 6 nitrogen and oxygen atoms in total. The summed E-state index contributed by atoms with van der Waals surface area (Å²) in [4.78, 5) is 21.6. The Labute approximate surface area is 98.3 Å². The van der Waals surface area contributed by atoms with E-state index in [1.165, 1.54) is 25.3 Å². The van der Waals surface area contributed by atoms with E-state index in [0.29, 0.717) is 12.2 Å². The second-order valence-corrected chi connectivity index (χ2v) is 3.23. The number of ether oxygens (including phenoxy) is 2. The molecule has 0 atom stereocenters. The third-order valence-corrected chi connectivity index (χ3v) is 2.16. The maximum absolute atomic E-state index is 11.3. The quantitative estimate of drug-likeness (QED) is 0.445. The molecule has 0 aliphatic heterocycles. The second kappa shape index (κ2) is 5.95. The smallest absolute Gasteiger partial charge is 0.337 e. The highest BCUT2D eigenvalue weighted by Gasteiger charge is 2.16. The van der Waals surface area contributed by atoms with E-state index in [2.05, 4.69) is 4.74 Å². The molecule has 0 saturated heterocycles. The zero-order valence-corrected chi connectivity index (χ0v) is 9.63. The molecule has 0 heterocycles. The molecule has 0 aliphatic carbocycles. The van der Waals surface area contributed by atoms with Crippen LogP contribution in [0.25, 0.3) is 0 Å². The van der Waals surface area contributed by atoms with Crippen LogP contribution >= 0.6 is 0 Å². The molecule has 6 heteroatoms. The van der Waals surface area contributed by atoms with E-state index in [-0.39, 0.29) is 17.9 Å². The van der Waals surface area contributed by atoms with Crippen molar-refractivity contribution in [2.24, 2.45) is 0 Å². The first kappa shape index (κ1) is 13.1. The van der Waals surface area contributed by atoms with Crippen molar-refractivity contribution < 1.29 is 19.2 Å². The largest absolute Gasteiger partial charge is 0.465 e. The zero-order chi connectivity index (χ0) is 12.8. The van der Waals surface area contributed by atoms with Gasteiger partial charge in [-0.1, -0.05) is 0 Å². The monoisotopic (exact) mass is 239 g/mol. The van der Waals surface area contributed by atoms with Crippen LogP contribution in [0.4, 0.5) is 5.69 Å². The van der Waals surface area contributed by atoms with E-state index in [1.54, 1.807) is 6.92 Å². The predicted octanol–water partition coefficient (Wildman–Crippen LogP) is 1.92. The number of nitro benzene ring substituents is 1. The van der Waals surface area contributed by atoms with Crippen molar-refractivity contribution in [3.63, 3.8) is 0 Å². The lowest BCUT2D eigenvalue weighted by atomic mass is 10.1. The topological polar surface area (TPSA) is 78.7 Å². The normalized spacial score (nSPS) is 10.0. The van der Waals surface area contributed by atoms with Crippen LogP contribution in [0.3, 0.4) is 0 Å². The predicted molar refractivity (Wildman–Crippen MR) is 59.8 cm³/mol. The maximum atomic E-state index is 11.3. The van der Waals surface area contributed by atoms with Crippen molar-refractivity contribution in [2.45, 2.75) is 13.5 Å². The summed E-state index contributed by atoms with van der Waals surface area (Å²) in [7, 11) is 1.26. The molecule has 0 spiro atoms. The molecule has 92 valence electrons. The highest BCUT2D eigenvalue weighted by molar-refractivity contribution is 5.89. The lowest BCUT2D eigenvalue weighted by molar-refractivity contribution is -0.385. The lowest BCUT2D eigenvalue weighted by Gasteiger charge is -2.05. The first-order valence-corrected chi connectivity index (χ1v) is 5.03. The van der Waals surface area contributed by atoms with Gasteiger partial charge in [-0.3, -0.25) is 10.1 Å². The minimum absolute atomic E-state index is 0.0638. The number of esters is 1. The zero-order valence-electron chi connectivity index (χ0n) is 9.63. The van der Waals surface area contributed by atoms with Crippen LogP contribution in [-0.2, 0) is 16.1 Å². The Morgan fingerprint density at radius 1 is 1.47 bits per heavy atom. The van der Waals surface area contributed by atoms with E-state index in [9.17, 15) is 14.9 Å². The lowest BCUT2D eigenvalue weighted by Crippen LogP contribution is -2.05. The summed E-state index contributed by atoms with van der Waals surface area (Å²) in [6.45, 7) is 2.33. The molecule has 17 heavy (non-hydrogen) atoms. The summed E-state index contributed by atoms with van der Waals surface area (Å²) < 4.78 is 9.67. The number of benzene rings is 1. The van der Waals surface area contributed by atoms with E-state index >= 15 is 0 Å². The van der Waals surface area contributed by atoms with Crippen molar-refractivity contribution in [3.05, 3.63) is 39.4 Å². The molecule has 0 fully saturated rings. The van der Waals surface area contributed by atoms with Crippen LogP contribution in [0.2, 0.25) is 0 Å². The Kier molecular flexibility index (Phi) is 4.59. The van der Waals surface area contributed by atoms with Gasteiger partial charge >= 0.3 is 5.97 Å². The molecule has 0 N–H and O–H groups in total. The van der Waals surface area contributed by atoms with Gasteiger partial charge in [0.25, 0.3) is 5.69 Å². The van der Waals surface area contributed by atoms with Gasteiger partial charge in [-0.15, -0.1) is 0 Å². The summed E-state index contributed by atoms with van der Waals surface area (Å²) in [6.07, 6.45) is 0. The van der Waals surface area contributed by atoms with Crippen LogP contribution in [0.5, 0.6) is 0 Å². The molecule has 0 aromatic heterocycles. The molecule has 0 aliphatic rings. The first-order chi connectivity index (χ1) is 8.10. The standard InChI is InChI=1S/C11H13NO5/c1-3-17-7-9-6-8(11(13)16-2)4-5-10(9)12(14)15/h4-6H,3,7H2,1-2H3. The molecular weight excluding hydrogens is 226 g/mol. The van der Waals surface area contributed by atoms with E-state index in [0.717, 1.165) is 0 Å². The molecule has 1 rings (SSSR count). The highest BCUT2D eigenvalue weighted by Crippen LogP contribution is 2.21. The third-order valence-electron chi connectivity index (χ3n) is 2.16. The van der Waals surface area contributed by atoms with Crippen LogP contribution in [0, 0.1) is 10.1 Å². The minimum Gasteiger partial charge on any atom is -0.465 e. The van der Waals surface area contributed by atoms with Crippen molar-refractivity contribution in [1.29, 1.82) is 0 Å². The SMILES string of the molecule is CCOCc1cc(C(=O)OC)ccc1[N+](=O)[O-]. The van der Waals surface area contributed by atoms with Crippen LogP contribution in [-0.4, -0.2) is 24.6 Å². The van der Waals surface area contributed by atoms with Gasteiger partial charge in [-0.05, 0) is 19.1 Å². The fraction of sp³-hybridized carbons (Fsp3) is 0.364. The summed E-state index contributed by atoms with van der Waals surface area (Å²) in [5, 5.41) is 10.8. The van der Waals surface area contributed by atoms with Crippen molar-refractivity contribution in [1.82, 2.24) is 0 Å². The molecule has 0 amide bonds. The number of hydrogen-bond acceptors (Lipinski definition) is 5. The summed E-state index contributed by atoms with van der Waals surface area (Å²) in [5.74, 6) is -0.530. The average Bonchev–Trinajstić information content (AvgIpc) is 2.34. The number of carbonyl (C=O) groups excluding carboxylic acids is 1. The van der Waals surface area contributed by atoms with E-state index < -0.39 is 10.9 Å². The second-order valence-electron chi connectivity index (χ2n) is 3.23. The Bertz CT molecular complexity index is 430. The Morgan fingerprint density at radius 2 is 2.18 bits per heavy atom. The fourth-order valence-electron chi connectivity index (χ4n) is 1.34. The Balaban J connectivity index is 3.09. The number of nitro groups is 1. The van der Waals surface area contributed by atoms with E-state index in [4.69, 9.17) is 4.74 Å². The number of nitrogens with zero attached hydrogens (tertiary/aromatic N) is 1. The molecular formula is C11H13NO5. The number of hydrogen-bond donors (Lipinski definition) is 0. The number of methoxy groups -OCH3 is 1. The van der Waals surface area contributed by atoms with Crippen LogP contribution < -0.4 is 0 Å². The van der Waals surface area contributed by atoms with E-state index in [1.807, 2.05) is 0 Å². The Hall–Kier alpha value is -1.95. The van der Waals surface area contributed by atoms with Crippen molar-refractivity contribution >= 4 is 11.7 Å². The molecule has 1 aromatic carbocycles. The summed E-state index contributed by atoms with van der Waals surface area (Å²) >= 11 is 0. The molecule has 0 bridgehead atoms. The van der Waals surface area contributed by atoms with Gasteiger partial charge in [0.15, 0.2) is 0 Å². The van der Waals surface area contributed by atoms with Gasteiger partial charge in [-0.2, -0.15) is 0 Å². The third kappa shape index (κ3) is 3.25. The average molecular weight is 239 g/mol. The van der Waals surface area contributed by atoms with Gasteiger partial charge in [0.1, 0.15) is 0 Å². The van der Waals surface area contributed by atoms with Gasteiger partial charge in [0.2, 0.25) is 0 Å². The first-order valence-electron chi connectivity index (χ1n) is 5.03. The number of rotatable bonds is 5. The van der Waals surface area contributed by atoms with Gasteiger partial charge in [0.05, 0.1) is 29.8 Å². The van der Waals surface area contributed by atoms with Gasteiger partial charge in [-0.25, -0.2) is 4.79 Å². The maximum Gasteiger partial charge on any atom is 0.337 e. The summed E-state index contributed by atoms with van der Waals surface area (Å²) in [6, 6.07) is 4.06. The van der Waals surface area contributed by atoms with Crippen molar-refractivity contribution in [2.75, 3.05) is 13.7 Å². The van der Waals surface area contributed by atoms with Crippen LogP contribution in [0.15, 0.2) is 18.2 Å². The van der Waals surface area contributed by atoms with Gasteiger partial charge < -0.3 is 9.47 Å². The Morgan fingerprint density at radius 3 is 2.71 bits per heavy atom. The van der Waals surface area contributed by atoms with Gasteiger partial charge in [0, 0.05) is 12.7 Å². The molecule has 1 aromatic rings. The molecule has 0 unspecified atom stereocenters. The van der Waals surface area contributed by atoms with Crippen molar-refractivity contribution in [3.8, 4) is 0 Å². The molecule has 0 radical (unpaired) electrons.